The average Bonchev–Trinajstić information content (AvgIpc) is 2.40. The standard InChI is InChI=1S/C15H19BrFNO3/c1-9(2)6-13(15(20)21-3)18-14(19)8-10-4-5-12(17)11(16)7-10/h4-5,7,9,13H,6,8H2,1-3H3,(H,18,19). The van der Waals surface area contributed by atoms with Gasteiger partial charge in [0.15, 0.2) is 0 Å². The van der Waals surface area contributed by atoms with Crippen LogP contribution in [0.4, 0.5) is 4.39 Å². The molecule has 0 heterocycles. The summed E-state index contributed by atoms with van der Waals surface area (Å²) in [6.07, 6.45) is 0.579. The zero-order valence-corrected chi connectivity index (χ0v) is 13.9. The van der Waals surface area contributed by atoms with Crippen LogP contribution < -0.4 is 5.32 Å². The monoisotopic (exact) mass is 359 g/mol. The van der Waals surface area contributed by atoms with E-state index in [0.29, 0.717) is 16.5 Å². The zero-order valence-electron chi connectivity index (χ0n) is 12.3. The number of carbonyl (C=O) groups excluding carboxylic acids is 2. The number of amides is 1. The molecule has 1 rings (SSSR count). The maximum atomic E-state index is 13.1. The summed E-state index contributed by atoms with van der Waals surface area (Å²) < 4.78 is 18.1. The largest absolute Gasteiger partial charge is 0.467 e. The van der Waals surface area contributed by atoms with Crippen molar-refractivity contribution in [3.8, 4) is 0 Å². The topological polar surface area (TPSA) is 55.4 Å². The number of hydrogen-bond donors (Lipinski definition) is 1. The molecule has 0 aliphatic heterocycles. The molecule has 0 radical (unpaired) electrons. The number of methoxy groups -OCH3 is 1. The van der Waals surface area contributed by atoms with E-state index < -0.39 is 12.0 Å². The van der Waals surface area contributed by atoms with E-state index in [9.17, 15) is 14.0 Å². The molecule has 6 heteroatoms. The summed E-state index contributed by atoms with van der Waals surface area (Å²) in [5, 5.41) is 2.66. The van der Waals surface area contributed by atoms with Crippen molar-refractivity contribution in [3.63, 3.8) is 0 Å². The molecule has 1 atom stereocenters. The summed E-state index contributed by atoms with van der Waals surface area (Å²) in [6.45, 7) is 3.92. The van der Waals surface area contributed by atoms with Gasteiger partial charge < -0.3 is 10.1 Å². The third kappa shape index (κ3) is 5.83. The molecule has 21 heavy (non-hydrogen) atoms. The Morgan fingerprint density at radius 1 is 1.38 bits per heavy atom. The molecule has 0 saturated carbocycles. The molecule has 1 amide bonds. The Bertz CT molecular complexity index is 520. The number of esters is 1. The van der Waals surface area contributed by atoms with Crippen LogP contribution in [-0.2, 0) is 20.7 Å². The average molecular weight is 360 g/mol. The lowest BCUT2D eigenvalue weighted by Crippen LogP contribution is -2.43. The van der Waals surface area contributed by atoms with Gasteiger partial charge in [0.25, 0.3) is 0 Å². The Hall–Kier alpha value is -1.43. The van der Waals surface area contributed by atoms with E-state index in [1.807, 2.05) is 13.8 Å². The highest BCUT2D eigenvalue weighted by Gasteiger charge is 2.22. The van der Waals surface area contributed by atoms with Crippen molar-refractivity contribution in [1.82, 2.24) is 5.32 Å². The highest BCUT2D eigenvalue weighted by atomic mass is 79.9. The summed E-state index contributed by atoms with van der Waals surface area (Å²) in [5.74, 6) is -0.900. The molecule has 1 aromatic rings. The van der Waals surface area contributed by atoms with Crippen molar-refractivity contribution < 1.29 is 18.7 Å². The number of ether oxygens (including phenoxy) is 1. The Balaban J connectivity index is 2.68. The van der Waals surface area contributed by atoms with Gasteiger partial charge in [0, 0.05) is 0 Å². The number of benzene rings is 1. The summed E-state index contributed by atoms with van der Waals surface area (Å²) in [4.78, 5) is 23.6. The lowest BCUT2D eigenvalue weighted by molar-refractivity contribution is -0.145. The first-order valence-electron chi connectivity index (χ1n) is 6.64. The second-order valence-electron chi connectivity index (χ2n) is 5.20. The lowest BCUT2D eigenvalue weighted by atomic mass is 10.0. The zero-order chi connectivity index (χ0) is 16.0. The van der Waals surface area contributed by atoms with E-state index in [-0.39, 0.29) is 24.1 Å². The van der Waals surface area contributed by atoms with Crippen molar-refractivity contribution in [1.29, 1.82) is 0 Å². The third-order valence-electron chi connectivity index (χ3n) is 2.88. The van der Waals surface area contributed by atoms with Crippen LogP contribution in [0.1, 0.15) is 25.8 Å². The van der Waals surface area contributed by atoms with Crippen LogP contribution in [0.2, 0.25) is 0 Å². The SMILES string of the molecule is COC(=O)C(CC(C)C)NC(=O)Cc1ccc(F)c(Br)c1. The molecule has 0 saturated heterocycles. The smallest absolute Gasteiger partial charge is 0.328 e. The van der Waals surface area contributed by atoms with Crippen LogP contribution in [0, 0.1) is 11.7 Å². The Morgan fingerprint density at radius 3 is 2.57 bits per heavy atom. The number of carbonyl (C=O) groups is 2. The summed E-state index contributed by atoms with van der Waals surface area (Å²) in [5.41, 5.74) is 0.661. The number of rotatable bonds is 6. The van der Waals surface area contributed by atoms with Crippen molar-refractivity contribution in [2.45, 2.75) is 32.7 Å². The summed E-state index contributed by atoms with van der Waals surface area (Å²) >= 11 is 3.07. The fraction of sp³-hybridized carbons (Fsp3) is 0.467. The molecule has 0 spiro atoms. The first-order valence-corrected chi connectivity index (χ1v) is 7.44. The van der Waals surface area contributed by atoms with E-state index in [1.165, 1.54) is 19.2 Å². The molecule has 4 nitrogen and oxygen atoms in total. The van der Waals surface area contributed by atoms with Gasteiger partial charge in [-0.1, -0.05) is 19.9 Å². The maximum Gasteiger partial charge on any atom is 0.328 e. The third-order valence-corrected chi connectivity index (χ3v) is 3.48. The predicted molar refractivity (Wildman–Crippen MR) is 81.2 cm³/mol. The van der Waals surface area contributed by atoms with Crippen LogP contribution in [0.5, 0.6) is 0 Å². The van der Waals surface area contributed by atoms with E-state index in [4.69, 9.17) is 0 Å². The molecular formula is C15H19BrFNO3. The van der Waals surface area contributed by atoms with Gasteiger partial charge in [-0.05, 0) is 46.0 Å². The first kappa shape index (κ1) is 17.6. The van der Waals surface area contributed by atoms with Gasteiger partial charge in [-0.15, -0.1) is 0 Å². The maximum absolute atomic E-state index is 13.1. The molecule has 0 bridgehead atoms. The van der Waals surface area contributed by atoms with Gasteiger partial charge in [-0.25, -0.2) is 9.18 Å². The molecule has 0 aliphatic rings. The van der Waals surface area contributed by atoms with Gasteiger partial charge in [-0.2, -0.15) is 0 Å². The second-order valence-corrected chi connectivity index (χ2v) is 6.05. The van der Waals surface area contributed by atoms with Crippen molar-refractivity contribution in [3.05, 3.63) is 34.1 Å². The normalized spacial score (nSPS) is 12.1. The highest BCUT2D eigenvalue weighted by molar-refractivity contribution is 9.10. The van der Waals surface area contributed by atoms with Crippen molar-refractivity contribution in [2.24, 2.45) is 5.92 Å². The Labute approximate surface area is 132 Å². The van der Waals surface area contributed by atoms with Crippen molar-refractivity contribution >= 4 is 27.8 Å². The lowest BCUT2D eigenvalue weighted by Gasteiger charge is -2.18. The molecular weight excluding hydrogens is 341 g/mol. The minimum atomic E-state index is -0.661. The molecule has 0 aliphatic carbocycles. The number of nitrogens with one attached hydrogen (secondary N) is 1. The molecule has 116 valence electrons. The van der Waals surface area contributed by atoms with E-state index >= 15 is 0 Å². The van der Waals surface area contributed by atoms with Gasteiger partial charge in [0.2, 0.25) is 5.91 Å². The fourth-order valence-corrected chi connectivity index (χ4v) is 2.33. The molecule has 0 fully saturated rings. The quantitative estimate of drug-likeness (QED) is 0.794. The number of hydrogen-bond acceptors (Lipinski definition) is 3. The van der Waals surface area contributed by atoms with Crippen LogP contribution in [-0.4, -0.2) is 25.0 Å². The van der Waals surface area contributed by atoms with Gasteiger partial charge >= 0.3 is 5.97 Å². The van der Waals surface area contributed by atoms with Gasteiger partial charge in [0.05, 0.1) is 18.0 Å². The van der Waals surface area contributed by atoms with Crippen molar-refractivity contribution in [2.75, 3.05) is 7.11 Å². The minimum Gasteiger partial charge on any atom is -0.467 e. The van der Waals surface area contributed by atoms with Gasteiger partial charge in [0.1, 0.15) is 11.9 Å². The molecule has 1 unspecified atom stereocenters. The van der Waals surface area contributed by atoms with E-state index in [1.54, 1.807) is 6.07 Å². The fourth-order valence-electron chi connectivity index (χ4n) is 1.91. The predicted octanol–water partition coefficient (Wildman–Crippen LogP) is 2.83. The summed E-state index contributed by atoms with van der Waals surface area (Å²) in [7, 11) is 1.29. The number of halogens is 2. The minimum absolute atomic E-state index is 0.0739. The van der Waals surface area contributed by atoms with E-state index in [0.717, 1.165) is 0 Å². The van der Waals surface area contributed by atoms with Gasteiger partial charge in [-0.3, -0.25) is 4.79 Å². The van der Waals surface area contributed by atoms with Crippen LogP contribution >= 0.6 is 15.9 Å². The Kier molecular flexibility index (Phi) is 6.81. The highest BCUT2D eigenvalue weighted by Crippen LogP contribution is 2.17. The molecule has 0 aromatic heterocycles. The first-order chi connectivity index (χ1) is 9.83. The molecule has 1 N–H and O–H groups in total. The summed E-state index contributed by atoms with van der Waals surface area (Å²) in [6, 6.07) is 3.71. The molecule has 1 aromatic carbocycles. The van der Waals surface area contributed by atoms with E-state index in [2.05, 4.69) is 26.0 Å². The van der Waals surface area contributed by atoms with Crippen LogP contribution in [0.25, 0.3) is 0 Å². The Morgan fingerprint density at radius 2 is 2.05 bits per heavy atom. The van der Waals surface area contributed by atoms with Crippen LogP contribution in [0.15, 0.2) is 22.7 Å². The second kappa shape index (κ2) is 8.12. The van der Waals surface area contributed by atoms with Crippen LogP contribution in [0.3, 0.4) is 0 Å².